The summed E-state index contributed by atoms with van der Waals surface area (Å²) in [6, 6.07) is 5.14. The van der Waals surface area contributed by atoms with Crippen LogP contribution >= 0.6 is 11.8 Å². The number of amides is 2. The molecule has 1 fully saturated rings. The van der Waals surface area contributed by atoms with Gasteiger partial charge in [0.2, 0.25) is 5.91 Å². The van der Waals surface area contributed by atoms with Crippen LogP contribution in [0.4, 0.5) is 0 Å². The molecular weight excluding hydrogens is 344 g/mol. The van der Waals surface area contributed by atoms with Crippen molar-refractivity contribution in [1.82, 2.24) is 4.90 Å². The fourth-order valence-electron chi connectivity index (χ4n) is 2.70. The maximum Gasteiger partial charge on any atom is 0.342 e. The molecule has 1 aliphatic heterocycles. The SMILES string of the molecule is COc1cc(SC)ccc1C(=O)OCC(=O)N1CCC[C@@H](C(N)=O)C1. The second-order valence-electron chi connectivity index (χ2n) is 5.72. The average molecular weight is 366 g/mol. The largest absolute Gasteiger partial charge is 0.496 e. The number of esters is 1. The summed E-state index contributed by atoms with van der Waals surface area (Å²) in [6.07, 6.45) is 3.30. The fourth-order valence-corrected chi connectivity index (χ4v) is 3.13. The van der Waals surface area contributed by atoms with Crippen LogP contribution in [0.3, 0.4) is 0 Å². The summed E-state index contributed by atoms with van der Waals surface area (Å²) in [5.41, 5.74) is 5.57. The van der Waals surface area contributed by atoms with Crippen molar-refractivity contribution >= 4 is 29.5 Å². The maximum atomic E-state index is 12.2. The maximum absolute atomic E-state index is 12.2. The van der Waals surface area contributed by atoms with Crippen molar-refractivity contribution in [2.45, 2.75) is 17.7 Å². The first-order chi connectivity index (χ1) is 12.0. The minimum absolute atomic E-state index is 0.266. The second kappa shape index (κ2) is 8.75. The lowest BCUT2D eigenvalue weighted by atomic mass is 9.97. The van der Waals surface area contributed by atoms with Gasteiger partial charge < -0.3 is 20.1 Å². The lowest BCUT2D eigenvalue weighted by Gasteiger charge is -2.31. The molecule has 2 N–H and O–H groups in total. The van der Waals surface area contributed by atoms with E-state index in [0.717, 1.165) is 4.90 Å². The number of likely N-dealkylation sites (tertiary alicyclic amines) is 1. The Hall–Kier alpha value is -2.22. The topological polar surface area (TPSA) is 98.9 Å². The molecule has 25 heavy (non-hydrogen) atoms. The van der Waals surface area contributed by atoms with E-state index in [0.29, 0.717) is 25.1 Å². The van der Waals surface area contributed by atoms with Crippen molar-refractivity contribution in [3.05, 3.63) is 23.8 Å². The first-order valence-electron chi connectivity index (χ1n) is 7.92. The number of methoxy groups -OCH3 is 1. The van der Waals surface area contributed by atoms with Crippen molar-refractivity contribution < 1.29 is 23.9 Å². The zero-order valence-corrected chi connectivity index (χ0v) is 15.1. The Bertz CT molecular complexity index is 664. The summed E-state index contributed by atoms with van der Waals surface area (Å²) in [7, 11) is 1.47. The highest BCUT2D eigenvalue weighted by Crippen LogP contribution is 2.26. The Balaban J connectivity index is 1.95. The number of hydrogen-bond acceptors (Lipinski definition) is 6. The molecule has 2 amide bonds. The number of nitrogens with two attached hydrogens (primary N) is 1. The van der Waals surface area contributed by atoms with E-state index in [9.17, 15) is 14.4 Å². The predicted octanol–water partition coefficient (Wildman–Crippen LogP) is 1.30. The van der Waals surface area contributed by atoms with Gasteiger partial charge in [0, 0.05) is 18.0 Å². The Kier molecular flexibility index (Phi) is 6.69. The molecule has 0 bridgehead atoms. The average Bonchev–Trinajstić information content (AvgIpc) is 2.65. The summed E-state index contributed by atoms with van der Waals surface area (Å²) in [4.78, 5) is 38.2. The van der Waals surface area contributed by atoms with Crippen LogP contribution in [0.25, 0.3) is 0 Å². The molecule has 7 nitrogen and oxygen atoms in total. The minimum Gasteiger partial charge on any atom is -0.496 e. The molecule has 0 spiro atoms. The van der Waals surface area contributed by atoms with E-state index < -0.39 is 11.9 Å². The highest BCUT2D eigenvalue weighted by Gasteiger charge is 2.27. The van der Waals surface area contributed by atoms with Gasteiger partial charge in [-0.05, 0) is 37.3 Å². The van der Waals surface area contributed by atoms with Gasteiger partial charge in [-0.1, -0.05) is 0 Å². The lowest BCUT2D eigenvalue weighted by Crippen LogP contribution is -2.45. The molecule has 8 heteroatoms. The molecule has 1 aromatic carbocycles. The van der Waals surface area contributed by atoms with Crippen LogP contribution in [0.15, 0.2) is 23.1 Å². The van der Waals surface area contributed by atoms with E-state index >= 15 is 0 Å². The molecule has 0 radical (unpaired) electrons. The zero-order valence-electron chi connectivity index (χ0n) is 14.3. The van der Waals surface area contributed by atoms with Crippen LogP contribution in [0.5, 0.6) is 5.75 Å². The number of carbonyl (C=O) groups excluding carboxylic acids is 3. The van der Waals surface area contributed by atoms with Crippen molar-refractivity contribution in [1.29, 1.82) is 0 Å². The first-order valence-corrected chi connectivity index (χ1v) is 9.15. The number of hydrogen-bond donors (Lipinski definition) is 1. The van der Waals surface area contributed by atoms with Crippen LogP contribution in [-0.2, 0) is 14.3 Å². The van der Waals surface area contributed by atoms with Gasteiger partial charge in [-0.25, -0.2) is 4.79 Å². The number of benzene rings is 1. The minimum atomic E-state index is -0.624. The van der Waals surface area contributed by atoms with Gasteiger partial charge >= 0.3 is 5.97 Å². The number of thioether (sulfide) groups is 1. The highest BCUT2D eigenvalue weighted by atomic mass is 32.2. The Labute approximate surface area is 150 Å². The number of rotatable bonds is 6. The third kappa shape index (κ3) is 4.88. The molecule has 0 aromatic heterocycles. The van der Waals surface area contributed by atoms with Crippen LogP contribution in [0.2, 0.25) is 0 Å². The zero-order chi connectivity index (χ0) is 18.4. The monoisotopic (exact) mass is 366 g/mol. The molecule has 1 aromatic rings. The van der Waals surface area contributed by atoms with E-state index in [1.807, 2.05) is 6.26 Å². The van der Waals surface area contributed by atoms with Crippen molar-refractivity contribution in [2.75, 3.05) is 33.1 Å². The normalized spacial score (nSPS) is 17.0. The fraction of sp³-hybridized carbons (Fsp3) is 0.471. The number of ether oxygens (including phenoxy) is 2. The van der Waals surface area contributed by atoms with E-state index in [2.05, 4.69) is 0 Å². The van der Waals surface area contributed by atoms with Crippen molar-refractivity contribution in [3.8, 4) is 5.75 Å². The summed E-state index contributed by atoms with van der Waals surface area (Å²) in [5.74, 6) is -1.31. The number of primary amides is 1. The van der Waals surface area contributed by atoms with Gasteiger partial charge in [-0.15, -0.1) is 11.8 Å². The molecule has 0 saturated carbocycles. The van der Waals surface area contributed by atoms with Crippen LogP contribution in [0.1, 0.15) is 23.2 Å². The molecule has 1 saturated heterocycles. The van der Waals surface area contributed by atoms with Crippen LogP contribution in [0, 0.1) is 5.92 Å². The second-order valence-corrected chi connectivity index (χ2v) is 6.60. The number of piperidine rings is 1. The van der Waals surface area contributed by atoms with Gasteiger partial charge in [0.1, 0.15) is 11.3 Å². The van der Waals surface area contributed by atoms with E-state index in [4.69, 9.17) is 15.2 Å². The highest BCUT2D eigenvalue weighted by molar-refractivity contribution is 7.98. The molecule has 1 heterocycles. The third-order valence-electron chi connectivity index (χ3n) is 4.13. The Morgan fingerprint density at radius 2 is 2.12 bits per heavy atom. The molecule has 0 aliphatic carbocycles. The third-order valence-corrected chi connectivity index (χ3v) is 4.86. The van der Waals surface area contributed by atoms with Gasteiger partial charge in [-0.2, -0.15) is 0 Å². The number of carbonyl (C=O) groups is 3. The van der Waals surface area contributed by atoms with Gasteiger partial charge in [0.25, 0.3) is 5.91 Å². The van der Waals surface area contributed by atoms with Crippen molar-refractivity contribution in [3.63, 3.8) is 0 Å². The van der Waals surface area contributed by atoms with E-state index in [1.165, 1.54) is 23.8 Å². The Morgan fingerprint density at radius 1 is 1.36 bits per heavy atom. The molecule has 2 rings (SSSR count). The standard InChI is InChI=1S/C17H22N2O5S/c1-23-14-8-12(25-2)5-6-13(14)17(22)24-10-15(20)19-7-3-4-11(9-19)16(18)21/h5-6,8,11H,3-4,7,9-10H2,1-2H3,(H2,18,21)/t11-/m1/s1. The first kappa shape index (κ1) is 19.1. The van der Waals surface area contributed by atoms with Gasteiger partial charge in [0.15, 0.2) is 6.61 Å². The predicted molar refractivity (Wildman–Crippen MR) is 93.6 cm³/mol. The Morgan fingerprint density at radius 3 is 2.76 bits per heavy atom. The van der Waals surface area contributed by atoms with Crippen molar-refractivity contribution in [2.24, 2.45) is 11.7 Å². The van der Waals surface area contributed by atoms with Gasteiger partial charge in [-0.3, -0.25) is 9.59 Å². The van der Waals surface area contributed by atoms with E-state index in [1.54, 1.807) is 18.2 Å². The summed E-state index contributed by atoms with van der Waals surface area (Å²) in [6.45, 7) is 0.432. The smallest absolute Gasteiger partial charge is 0.342 e. The molecular formula is C17H22N2O5S. The van der Waals surface area contributed by atoms with Crippen LogP contribution < -0.4 is 10.5 Å². The molecule has 1 atom stereocenters. The molecule has 136 valence electrons. The summed E-state index contributed by atoms with van der Waals surface area (Å²) < 4.78 is 10.3. The quantitative estimate of drug-likeness (QED) is 0.602. The summed E-state index contributed by atoms with van der Waals surface area (Å²) in [5, 5.41) is 0. The molecule has 1 aliphatic rings. The summed E-state index contributed by atoms with van der Waals surface area (Å²) >= 11 is 1.53. The number of nitrogens with zero attached hydrogens (tertiary/aromatic N) is 1. The molecule has 0 unspecified atom stereocenters. The van der Waals surface area contributed by atoms with E-state index in [-0.39, 0.29) is 30.5 Å². The lowest BCUT2D eigenvalue weighted by molar-refractivity contribution is -0.137. The van der Waals surface area contributed by atoms with Gasteiger partial charge in [0.05, 0.1) is 13.0 Å². The van der Waals surface area contributed by atoms with Crippen LogP contribution in [-0.4, -0.2) is 55.7 Å².